The van der Waals surface area contributed by atoms with Crippen LogP contribution in [-0.2, 0) is 38.3 Å². The molecule has 6 unspecified atom stereocenters. The second kappa shape index (κ2) is 46.2. The average Bonchev–Trinajstić information content (AvgIpc) is 3.31. The highest BCUT2D eigenvalue weighted by molar-refractivity contribution is 7.80. The van der Waals surface area contributed by atoms with Crippen LogP contribution in [0, 0.1) is 0 Å². The molecule has 1 aliphatic rings. The van der Waals surface area contributed by atoms with Crippen LogP contribution in [-0.4, -0.2) is 97.5 Å². The molecular weight excluding hydrogens is 885 g/mol. The molecule has 0 aromatic heterocycles. The monoisotopic (exact) mass is 985 g/mol. The van der Waals surface area contributed by atoms with E-state index >= 15 is 0 Å². The van der Waals surface area contributed by atoms with Crippen LogP contribution in [0.4, 0.5) is 0 Å². The van der Waals surface area contributed by atoms with E-state index in [0.717, 1.165) is 70.6 Å². The molecule has 13 heteroatoms. The van der Waals surface area contributed by atoms with Gasteiger partial charge in [0.25, 0.3) is 0 Å². The van der Waals surface area contributed by atoms with Crippen molar-refractivity contribution in [1.29, 1.82) is 0 Å². The smallest absolute Gasteiger partial charge is 0.397 e. The Hall–Kier alpha value is -1.94. The van der Waals surface area contributed by atoms with Gasteiger partial charge in [0.2, 0.25) is 0 Å². The minimum Gasteiger partial charge on any atom is -0.457 e. The quantitative estimate of drug-likeness (QED) is 0.0197. The van der Waals surface area contributed by atoms with Crippen molar-refractivity contribution in [3.63, 3.8) is 0 Å². The van der Waals surface area contributed by atoms with Crippen LogP contribution >= 0.6 is 0 Å². The van der Waals surface area contributed by atoms with Gasteiger partial charge in [-0.25, -0.2) is 4.18 Å². The lowest BCUT2D eigenvalue weighted by Gasteiger charge is -2.41. The third-order valence-corrected chi connectivity index (χ3v) is 12.9. The van der Waals surface area contributed by atoms with Crippen LogP contribution in [0.15, 0.2) is 48.6 Å². The summed E-state index contributed by atoms with van der Waals surface area (Å²) in [6.45, 7) is 3.91. The number of esters is 1. The summed E-state index contributed by atoms with van der Waals surface area (Å²) in [5.74, 6) is -0.397. The molecule has 68 heavy (non-hydrogen) atoms. The minimum absolute atomic E-state index is 0.0358. The Labute approximate surface area is 415 Å². The topological polar surface area (TPSA) is 178 Å². The molecule has 398 valence electrons. The molecule has 0 saturated carbocycles. The van der Waals surface area contributed by atoms with Gasteiger partial charge in [-0.15, -0.1) is 0 Å². The first-order chi connectivity index (χ1) is 33.1. The fraction of sp³-hybridized carbons (Fsp3) is 0.836. The molecule has 0 amide bonds. The van der Waals surface area contributed by atoms with Gasteiger partial charge in [0.05, 0.1) is 19.8 Å². The van der Waals surface area contributed by atoms with E-state index in [-0.39, 0.29) is 19.6 Å². The number of ether oxygens (including phenoxy) is 4. The number of carbonyl (C=O) groups excluding carboxylic acids is 1. The van der Waals surface area contributed by atoms with Crippen LogP contribution < -0.4 is 0 Å². The molecule has 0 aromatic rings. The zero-order valence-corrected chi connectivity index (χ0v) is 43.7. The lowest BCUT2D eigenvalue weighted by Crippen LogP contribution is -2.60. The van der Waals surface area contributed by atoms with Gasteiger partial charge < -0.3 is 34.3 Å². The number of allylic oxidation sites excluding steroid dienone is 8. The van der Waals surface area contributed by atoms with Crippen LogP contribution in [0.25, 0.3) is 0 Å². The van der Waals surface area contributed by atoms with Gasteiger partial charge in [-0.1, -0.05) is 223 Å². The minimum atomic E-state index is -5.07. The first-order valence-electron chi connectivity index (χ1n) is 27.4. The SMILES string of the molecule is CC/C=C\C/C=C\C/C=C\C/C=C\CCCCCCCCCCCCCOCC(COC1OC(CO)C(O)C(OS(=O)(=O)O)C1O)OC(=O)CCCCCCCCCCCCCCCCCCC. The van der Waals surface area contributed by atoms with E-state index in [0.29, 0.717) is 13.0 Å². The molecule has 0 aromatic carbocycles. The third kappa shape index (κ3) is 38.8. The van der Waals surface area contributed by atoms with Crippen molar-refractivity contribution in [2.24, 2.45) is 0 Å². The maximum Gasteiger partial charge on any atom is 0.397 e. The standard InChI is InChI=1S/C55H100O12S/c1-3-5-7-9-11-13-15-17-19-21-22-23-24-25-26-27-29-31-33-35-37-39-41-43-45-63-47-49(48-64-55-53(59)54(67-68(60,61)62)52(58)50(46-56)66-55)65-51(57)44-42-40-38-36-34-32-30-28-20-18-16-14-12-10-8-6-4-2/h5,7,11,13,17,19,22-23,49-50,52-56,58-59H,3-4,6,8-10,12,14-16,18,20-21,24-48H2,1-2H3,(H,60,61,62)/b7-5-,13-11-,19-17-,23-22-. The molecular formula is C55H100O12S. The summed E-state index contributed by atoms with van der Waals surface area (Å²) in [6, 6.07) is 0. The summed E-state index contributed by atoms with van der Waals surface area (Å²) in [7, 11) is -5.07. The molecule has 1 rings (SSSR count). The number of hydrogen-bond donors (Lipinski definition) is 4. The first-order valence-corrected chi connectivity index (χ1v) is 28.8. The molecule has 1 fully saturated rings. The fourth-order valence-corrected chi connectivity index (χ4v) is 8.88. The summed E-state index contributed by atoms with van der Waals surface area (Å²) < 4.78 is 59.4. The van der Waals surface area contributed by atoms with Gasteiger partial charge in [-0.2, -0.15) is 8.42 Å². The van der Waals surface area contributed by atoms with Gasteiger partial charge in [0.1, 0.15) is 30.5 Å². The van der Waals surface area contributed by atoms with Crippen molar-refractivity contribution in [3.05, 3.63) is 48.6 Å². The number of rotatable bonds is 48. The van der Waals surface area contributed by atoms with Crippen LogP contribution in [0.1, 0.15) is 232 Å². The van der Waals surface area contributed by atoms with Crippen molar-refractivity contribution in [3.8, 4) is 0 Å². The number of aliphatic hydroxyl groups is 3. The Kier molecular flexibility index (Phi) is 43.5. The second-order valence-corrected chi connectivity index (χ2v) is 19.8. The van der Waals surface area contributed by atoms with Crippen molar-refractivity contribution in [1.82, 2.24) is 0 Å². The summed E-state index contributed by atoms with van der Waals surface area (Å²) in [4.78, 5) is 12.9. The first kappa shape index (κ1) is 64.1. The molecule has 1 saturated heterocycles. The molecule has 1 heterocycles. The molecule has 12 nitrogen and oxygen atoms in total. The van der Waals surface area contributed by atoms with E-state index in [1.54, 1.807) is 0 Å². The van der Waals surface area contributed by atoms with Gasteiger partial charge in [-0.05, 0) is 51.4 Å². The Balaban J connectivity index is 2.31. The van der Waals surface area contributed by atoms with Gasteiger partial charge in [0, 0.05) is 13.0 Å². The zero-order chi connectivity index (χ0) is 49.6. The molecule has 0 aliphatic carbocycles. The Morgan fingerprint density at radius 3 is 1.49 bits per heavy atom. The van der Waals surface area contributed by atoms with E-state index in [4.69, 9.17) is 18.9 Å². The highest BCUT2D eigenvalue weighted by Crippen LogP contribution is 2.26. The molecule has 4 N–H and O–H groups in total. The highest BCUT2D eigenvalue weighted by atomic mass is 32.3. The van der Waals surface area contributed by atoms with E-state index < -0.39 is 59.8 Å². The van der Waals surface area contributed by atoms with Gasteiger partial charge in [-0.3, -0.25) is 9.35 Å². The van der Waals surface area contributed by atoms with Gasteiger partial charge in [0.15, 0.2) is 6.29 Å². The number of hydrogen-bond acceptors (Lipinski definition) is 11. The Bertz CT molecular complexity index is 1370. The molecule has 0 spiro atoms. The summed E-state index contributed by atoms with van der Waals surface area (Å²) in [6.07, 6.45) is 48.6. The summed E-state index contributed by atoms with van der Waals surface area (Å²) in [5, 5.41) is 30.8. The predicted octanol–water partition coefficient (Wildman–Crippen LogP) is 13.1. The number of carbonyl (C=O) groups is 1. The van der Waals surface area contributed by atoms with E-state index in [9.17, 15) is 33.1 Å². The van der Waals surface area contributed by atoms with E-state index in [2.05, 4.69) is 66.6 Å². The molecule has 1 aliphatic heterocycles. The number of unbranched alkanes of at least 4 members (excludes halogenated alkanes) is 27. The van der Waals surface area contributed by atoms with Crippen LogP contribution in [0.5, 0.6) is 0 Å². The highest BCUT2D eigenvalue weighted by Gasteiger charge is 2.48. The fourth-order valence-electron chi connectivity index (χ4n) is 8.37. The van der Waals surface area contributed by atoms with Crippen LogP contribution in [0.2, 0.25) is 0 Å². The number of aliphatic hydroxyl groups excluding tert-OH is 3. The van der Waals surface area contributed by atoms with Crippen molar-refractivity contribution < 1.29 is 56.2 Å². The average molecular weight is 985 g/mol. The molecule has 0 radical (unpaired) electrons. The molecule has 6 atom stereocenters. The lowest BCUT2D eigenvalue weighted by molar-refractivity contribution is -0.301. The zero-order valence-electron chi connectivity index (χ0n) is 42.9. The predicted molar refractivity (Wildman–Crippen MR) is 276 cm³/mol. The maximum atomic E-state index is 12.9. The third-order valence-electron chi connectivity index (χ3n) is 12.5. The van der Waals surface area contributed by atoms with E-state index in [1.807, 2.05) is 0 Å². The summed E-state index contributed by atoms with van der Waals surface area (Å²) >= 11 is 0. The Morgan fingerprint density at radius 1 is 0.574 bits per heavy atom. The summed E-state index contributed by atoms with van der Waals surface area (Å²) in [5.41, 5.74) is 0. The maximum absolute atomic E-state index is 12.9. The molecule has 0 bridgehead atoms. The lowest BCUT2D eigenvalue weighted by atomic mass is 9.99. The van der Waals surface area contributed by atoms with Gasteiger partial charge >= 0.3 is 16.4 Å². The van der Waals surface area contributed by atoms with Crippen molar-refractivity contribution in [2.75, 3.05) is 26.4 Å². The van der Waals surface area contributed by atoms with Crippen LogP contribution in [0.3, 0.4) is 0 Å². The second-order valence-electron chi connectivity index (χ2n) is 18.8. The largest absolute Gasteiger partial charge is 0.457 e. The van der Waals surface area contributed by atoms with Crippen molar-refractivity contribution in [2.45, 2.75) is 269 Å². The normalized spacial score (nSPS) is 19.6. The van der Waals surface area contributed by atoms with Crippen molar-refractivity contribution >= 4 is 16.4 Å². The van der Waals surface area contributed by atoms with E-state index in [1.165, 1.54) is 135 Å². The Morgan fingerprint density at radius 2 is 1.01 bits per heavy atom.